The Morgan fingerprint density at radius 3 is 2.00 bits per heavy atom. The molecular formula is C15H20O2. The van der Waals surface area contributed by atoms with Gasteiger partial charge in [0.2, 0.25) is 0 Å². The molecule has 2 heteroatoms. The second kappa shape index (κ2) is 4.91. The molecule has 0 fully saturated rings. The molecule has 0 aliphatic heterocycles. The zero-order valence-electron chi connectivity index (χ0n) is 11.2. The highest BCUT2D eigenvalue weighted by Crippen LogP contribution is 2.20. The van der Waals surface area contributed by atoms with Crippen molar-refractivity contribution in [2.45, 2.75) is 40.2 Å². The molecule has 0 radical (unpaired) electrons. The Labute approximate surface area is 103 Å². The number of aliphatic hydroxyl groups excluding tert-OH is 1. The molecule has 2 N–H and O–H groups in total. The van der Waals surface area contributed by atoms with E-state index in [1.807, 2.05) is 13.8 Å². The van der Waals surface area contributed by atoms with E-state index in [0.29, 0.717) is 0 Å². The first kappa shape index (κ1) is 13.8. The fraction of sp³-hybridized carbons (Fsp3) is 0.467. The maximum absolute atomic E-state index is 9.68. The lowest BCUT2D eigenvalue weighted by molar-refractivity contribution is 0.0519. The summed E-state index contributed by atoms with van der Waals surface area (Å²) < 4.78 is 0. The van der Waals surface area contributed by atoms with Crippen LogP contribution in [0.2, 0.25) is 0 Å². The van der Waals surface area contributed by atoms with Crippen LogP contribution in [0.4, 0.5) is 0 Å². The van der Waals surface area contributed by atoms with E-state index in [4.69, 9.17) is 5.11 Å². The third kappa shape index (κ3) is 3.09. The Kier molecular flexibility index (Phi) is 3.98. The van der Waals surface area contributed by atoms with Crippen molar-refractivity contribution in [1.29, 1.82) is 0 Å². The average molecular weight is 232 g/mol. The normalized spacial score (nSPS) is 13.8. The van der Waals surface area contributed by atoms with Gasteiger partial charge in [0.05, 0.1) is 6.61 Å². The third-order valence-corrected chi connectivity index (χ3v) is 3.13. The second-order valence-electron chi connectivity index (χ2n) is 4.82. The fourth-order valence-corrected chi connectivity index (χ4v) is 1.64. The molecule has 1 atom stereocenters. The zero-order chi connectivity index (χ0) is 13.2. The van der Waals surface area contributed by atoms with Crippen LogP contribution in [-0.2, 0) is 0 Å². The van der Waals surface area contributed by atoms with Crippen LogP contribution >= 0.6 is 0 Å². The molecule has 1 aromatic carbocycles. The van der Waals surface area contributed by atoms with Gasteiger partial charge >= 0.3 is 0 Å². The summed E-state index contributed by atoms with van der Waals surface area (Å²) in [4.78, 5) is 0. The van der Waals surface area contributed by atoms with Crippen LogP contribution in [-0.4, -0.2) is 22.4 Å². The van der Waals surface area contributed by atoms with Crippen molar-refractivity contribution in [3.05, 3.63) is 33.9 Å². The summed E-state index contributed by atoms with van der Waals surface area (Å²) in [5, 5.41) is 18.6. The van der Waals surface area contributed by atoms with Crippen LogP contribution in [0, 0.1) is 39.5 Å². The number of aliphatic hydroxyl groups is 2. The minimum Gasteiger partial charge on any atom is -0.392 e. The molecule has 0 saturated carbocycles. The Morgan fingerprint density at radius 2 is 1.59 bits per heavy atom. The van der Waals surface area contributed by atoms with Crippen molar-refractivity contribution < 1.29 is 10.2 Å². The molecule has 0 heterocycles. The topological polar surface area (TPSA) is 40.5 Å². The predicted molar refractivity (Wildman–Crippen MR) is 70.0 cm³/mol. The number of hydrogen-bond donors (Lipinski definition) is 2. The molecule has 17 heavy (non-hydrogen) atoms. The van der Waals surface area contributed by atoms with Gasteiger partial charge in [0.15, 0.2) is 0 Å². The average Bonchev–Trinajstić information content (AvgIpc) is 2.26. The van der Waals surface area contributed by atoms with Crippen molar-refractivity contribution in [2.75, 3.05) is 6.61 Å². The molecule has 0 unspecified atom stereocenters. The van der Waals surface area contributed by atoms with Crippen LogP contribution in [0.1, 0.15) is 34.7 Å². The van der Waals surface area contributed by atoms with Crippen LogP contribution in [0.15, 0.2) is 6.07 Å². The second-order valence-corrected chi connectivity index (χ2v) is 4.82. The molecule has 1 aromatic rings. The molecule has 0 aliphatic carbocycles. The number of aryl methyl sites for hydroxylation is 2. The molecule has 0 aliphatic rings. The van der Waals surface area contributed by atoms with Gasteiger partial charge in [-0.05, 0) is 56.9 Å². The van der Waals surface area contributed by atoms with Crippen LogP contribution < -0.4 is 0 Å². The Bertz CT molecular complexity index is 462. The SMILES string of the molecule is Cc1cc(C)c(C)c(C#C[C@](C)(O)CO)c1C. The Morgan fingerprint density at radius 1 is 1.12 bits per heavy atom. The van der Waals surface area contributed by atoms with Crippen molar-refractivity contribution >= 4 is 0 Å². The molecule has 92 valence electrons. The fourth-order valence-electron chi connectivity index (χ4n) is 1.64. The van der Waals surface area contributed by atoms with Gasteiger partial charge < -0.3 is 10.2 Å². The van der Waals surface area contributed by atoms with E-state index >= 15 is 0 Å². The van der Waals surface area contributed by atoms with Gasteiger partial charge in [-0.15, -0.1) is 0 Å². The molecule has 0 bridgehead atoms. The van der Waals surface area contributed by atoms with E-state index in [9.17, 15) is 5.11 Å². The summed E-state index contributed by atoms with van der Waals surface area (Å²) >= 11 is 0. The number of hydrogen-bond acceptors (Lipinski definition) is 2. The van der Waals surface area contributed by atoms with E-state index in [1.165, 1.54) is 18.1 Å². The summed E-state index contributed by atoms with van der Waals surface area (Å²) in [5.74, 6) is 5.71. The Hall–Kier alpha value is -1.30. The number of benzene rings is 1. The maximum atomic E-state index is 9.68. The van der Waals surface area contributed by atoms with E-state index in [1.54, 1.807) is 0 Å². The highest BCUT2D eigenvalue weighted by Gasteiger charge is 2.14. The van der Waals surface area contributed by atoms with Crippen molar-refractivity contribution in [1.82, 2.24) is 0 Å². The zero-order valence-corrected chi connectivity index (χ0v) is 11.2. The summed E-state index contributed by atoms with van der Waals surface area (Å²) in [6.07, 6.45) is 0. The van der Waals surface area contributed by atoms with E-state index in [0.717, 1.165) is 16.7 Å². The molecule has 0 saturated heterocycles. The van der Waals surface area contributed by atoms with Crippen molar-refractivity contribution in [3.63, 3.8) is 0 Å². The molecule has 0 spiro atoms. The van der Waals surface area contributed by atoms with Crippen molar-refractivity contribution in [2.24, 2.45) is 0 Å². The molecule has 1 rings (SSSR count). The van der Waals surface area contributed by atoms with Gasteiger partial charge in [0.1, 0.15) is 5.60 Å². The monoisotopic (exact) mass is 232 g/mol. The van der Waals surface area contributed by atoms with Gasteiger partial charge in [-0.3, -0.25) is 0 Å². The first-order valence-electron chi connectivity index (χ1n) is 5.72. The van der Waals surface area contributed by atoms with Gasteiger partial charge in [0, 0.05) is 5.56 Å². The lowest BCUT2D eigenvalue weighted by Gasteiger charge is -2.13. The highest BCUT2D eigenvalue weighted by atomic mass is 16.3. The standard InChI is InChI=1S/C15H20O2/c1-10-8-11(2)13(4)14(12(10)3)6-7-15(5,17)9-16/h8,16-17H,9H2,1-5H3/t15-/m0/s1. The lowest BCUT2D eigenvalue weighted by Crippen LogP contribution is -2.26. The summed E-state index contributed by atoms with van der Waals surface area (Å²) in [7, 11) is 0. The molecular weight excluding hydrogens is 212 g/mol. The van der Waals surface area contributed by atoms with Crippen LogP contribution in [0.5, 0.6) is 0 Å². The first-order chi connectivity index (χ1) is 7.78. The van der Waals surface area contributed by atoms with Crippen LogP contribution in [0.3, 0.4) is 0 Å². The largest absolute Gasteiger partial charge is 0.392 e. The number of rotatable bonds is 1. The van der Waals surface area contributed by atoms with E-state index < -0.39 is 5.60 Å². The van der Waals surface area contributed by atoms with E-state index in [2.05, 4.69) is 31.8 Å². The van der Waals surface area contributed by atoms with Gasteiger partial charge in [0.25, 0.3) is 0 Å². The lowest BCUT2D eigenvalue weighted by atomic mass is 9.94. The summed E-state index contributed by atoms with van der Waals surface area (Å²) in [6.45, 7) is 9.31. The summed E-state index contributed by atoms with van der Waals surface area (Å²) in [5.41, 5.74) is 4.28. The van der Waals surface area contributed by atoms with Gasteiger partial charge in [-0.1, -0.05) is 17.9 Å². The molecule has 0 amide bonds. The van der Waals surface area contributed by atoms with Crippen molar-refractivity contribution in [3.8, 4) is 11.8 Å². The highest BCUT2D eigenvalue weighted by molar-refractivity contribution is 5.53. The van der Waals surface area contributed by atoms with Gasteiger partial charge in [-0.25, -0.2) is 0 Å². The smallest absolute Gasteiger partial charge is 0.145 e. The van der Waals surface area contributed by atoms with Gasteiger partial charge in [-0.2, -0.15) is 0 Å². The first-order valence-corrected chi connectivity index (χ1v) is 5.72. The maximum Gasteiger partial charge on any atom is 0.145 e. The summed E-state index contributed by atoms with van der Waals surface area (Å²) in [6, 6.07) is 2.14. The minimum absolute atomic E-state index is 0.358. The molecule has 0 aromatic heterocycles. The predicted octanol–water partition coefficient (Wildman–Crippen LogP) is 2.02. The van der Waals surface area contributed by atoms with E-state index in [-0.39, 0.29) is 6.61 Å². The minimum atomic E-state index is -1.34. The Balaban J connectivity index is 3.33. The van der Waals surface area contributed by atoms with Crippen LogP contribution in [0.25, 0.3) is 0 Å². The third-order valence-electron chi connectivity index (χ3n) is 3.13. The quantitative estimate of drug-likeness (QED) is 0.727. The molecule has 2 nitrogen and oxygen atoms in total.